The summed E-state index contributed by atoms with van der Waals surface area (Å²) in [6.45, 7) is 2.78. The molecule has 3 rings (SSSR count). The summed E-state index contributed by atoms with van der Waals surface area (Å²) >= 11 is 5.81. The van der Waals surface area contributed by atoms with Gasteiger partial charge in [0.2, 0.25) is 5.28 Å². The Morgan fingerprint density at radius 3 is 2.73 bits per heavy atom. The van der Waals surface area contributed by atoms with Crippen LogP contribution in [0.5, 0.6) is 0 Å². The zero-order chi connectivity index (χ0) is 15.9. The minimum atomic E-state index is -4.39. The van der Waals surface area contributed by atoms with Gasteiger partial charge in [0.1, 0.15) is 5.82 Å². The lowest BCUT2D eigenvalue weighted by molar-refractivity contribution is -0.137. The van der Waals surface area contributed by atoms with Crippen molar-refractivity contribution in [3.8, 4) is 0 Å². The molecule has 0 atom stereocenters. The maximum Gasteiger partial charge on any atom is 0.417 e. The van der Waals surface area contributed by atoms with Gasteiger partial charge in [0.05, 0.1) is 5.56 Å². The van der Waals surface area contributed by atoms with Gasteiger partial charge in [-0.05, 0) is 30.2 Å². The molecule has 0 saturated heterocycles. The third kappa shape index (κ3) is 2.85. The van der Waals surface area contributed by atoms with Gasteiger partial charge in [-0.2, -0.15) is 13.2 Å². The molecule has 2 aromatic heterocycles. The van der Waals surface area contributed by atoms with Crippen LogP contribution in [0.4, 0.5) is 19.0 Å². The molecule has 0 aliphatic carbocycles. The molecule has 1 aliphatic rings. The molecule has 3 heterocycles. The topological polar surface area (TPSA) is 41.9 Å². The lowest BCUT2D eigenvalue weighted by atomic mass is 10.0. The standard InChI is InChI=1S/C14H12ClF3N4/c1-8-5-20-13(15)21-12(8)22-3-2-11-9(7-22)4-10(6-19-11)14(16,17)18/h4-6H,2-3,7H2,1H3. The van der Waals surface area contributed by atoms with E-state index in [1.807, 2.05) is 11.8 Å². The van der Waals surface area contributed by atoms with Crippen LogP contribution in [0, 0.1) is 6.92 Å². The lowest BCUT2D eigenvalue weighted by Crippen LogP contribution is -2.32. The Morgan fingerprint density at radius 1 is 1.23 bits per heavy atom. The number of fused-ring (bicyclic) bond motifs is 1. The quantitative estimate of drug-likeness (QED) is 0.752. The van der Waals surface area contributed by atoms with Crippen molar-refractivity contribution in [3.63, 3.8) is 0 Å². The Hall–Kier alpha value is -1.89. The SMILES string of the molecule is Cc1cnc(Cl)nc1N1CCc2ncc(C(F)(F)F)cc2C1. The zero-order valence-electron chi connectivity index (χ0n) is 11.7. The van der Waals surface area contributed by atoms with E-state index in [9.17, 15) is 13.2 Å². The summed E-state index contributed by atoms with van der Waals surface area (Å²) in [6, 6.07) is 1.16. The Morgan fingerprint density at radius 2 is 2.00 bits per heavy atom. The van der Waals surface area contributed by atoms with Crippen molar-refractivity contribution in [2.45, 2.75) is 26.1 Å². The highest BCUT2D eigenvalue weighted by atomic mass is 35.5. The number of pyridine rings is 1. The van der Waals surface area contributed by atoms with Crippen molar-refractivity contribution in [2.75, 3.05) is 11.4 Å². The molecule has 0 unspecified atom stereocenters. The van der Waals surface area contributed by atoms with Crippen molar-refractivity contribution < 1.29 is 13.2 Å². The van der Waals surface area contributed by atoms with Gasteiger partial charge < -0.3 is 4.90 Å². The van der Waals surface area contributed by atoms with Gasteiger partial charge in [-0.25, -0.2) is 9.97 Å². The Kier molecular flexibility index (Phi) is 3.68. The molecule has 0 N–H and O–H groups in total. The van der Waals surface area contributed by atoms with E-state index in [1.54, 1.807) is 6.20 Å². The molecular weight excluding hydrogens is 317 g/mol. The van der Waals surface area contributed by atoms with Crippen molar-refractivity contribution in [2.24, 2.45) is 0 Å². The molecule has 22 heavy (non-hydrogen) atoms. The van der Waals surface area contributed by atoms with Gasteiger partial charge in [-0.1, -0.05) is 0 Å². The fraction of sp³-hybridized carbons (Fsp3) is 0.357. The average molecular weight is 329 g/mol. The smallest absolute Gasteiger partial charge is 0.351 e. The molecule has 0 saturated carbocycles. The highest BCUT2D eigenvalue weighted by Gasteiger charge is 2.32. The molecule has 0 aromatic carbocycles. The van der Waals surface area contributed by atoms with Crippen LogP contribution in [-0.4, -0.2) is 21.5 Å². The van der Waals surface area contributed by atoms with Crippen LogP contribution in [0.25, 0.3) is 0 Å². The Balaban J connectivity index is 1.94. The van der Waals surface area contributed by atoms with Crippen LogP contribution in [-0.2, 0) is 19.1 Å². The summed E-state index contributed by atoms with van der Waals surface area (Å²) in [5.41, 5.74) is 1.36. The number of hydrogen-bond donors (Lipinski definition) is 0. The summed E-state index contributed by atoms with van der Waals surface area (Å²) in [7, 11) is 0. The number of anilines is 1. The lowest BCUT2D eigenvalue weighted by Gasteiger charge is -2.30. The van der Waals surface area contributed by atoms with E-state index in [0.717, 1.165) is 17.8 Å². The molecule has 2 aromatic rings. The highest BCUT2D eigenvalue weighted by molar-refractivity contribution is 6.28. The van der Waals surface area contributed by atoms with Crippen LogP contribution < -0.4 is 4.90 Å². The summed E-state index contributed by atoms with van der Waals surface area (Å²) in [6.07, 6.45) is -1.33. The normalized spacial score (nSPS) is 14.9. The molecule has 0 radical (unpaired) electrons. The predicted molar refractivity (Wildman–Crippen MR) is 75.8 cm³/mol. The molecule has 0 spiro atoms. The van der Waals surface area contributed by atoms with E-state index in [0.29, 0.717) is 36.6 Å². The number of hydrogen-bond acceptors (Lipinski definition) is 4. The first-order chi connectivity index (χ1) is 10.3. The second-order valence-corrected chi connectivity index (χ2v) is 5.48. The summed E-state index contributed by atoms with van der Waals surface area (Å²) in [5.74, 6) is 0.642. The minimum Gasteiger partial charge on any atom is -0.351 e. The fourth-order valence-electron chi connectivity index (χ4n) is 2.49. The second kappa shape index (κ2) is 5.39. The van der Waals surface area contributed by atoms with E-state index in [4.69, 9.17) is 11.6 Å². The van der Waals surface area contributed by atoms with Crippen LogP contribution in [0.2, 0.25) is 5.28 Å². The molecule has 1 aliphatic heterocycles. The third-order valence-electron chi connectivity index (χ3n) is 3.58. The molecule has 116 valence electrons. The molecule has 0 fully saturated rings. The first-order valence-corrected chi connectivity index (χ1v) is 7.01. The van der Waals surface area contributed by atoms with E-state index < -0.39 is 11.7 Å². The van der Waals surface area contributed by atoms with Gasteiger partial charge in [0.15, 0.2) is 0 Å². The third-order valence-corrected chi connectivity index (χ3v) is 3.76. The predicted octanol–water partition coefficient (Wildman–Crippen LogP) is 3.41. The second-order valence-electron chi connectivity index (χ2n) is 5.14. The van der Waals surface area contributed by atoms with Crippen LogP contribution in [0.1, 0.15) is 22.4 Å². The summed E-state index contributed by atoms with van der Waals surface area (Å²) in [5, 5.41) is 0.119. The van der Waals surface area contributed by atoms with E-state index >= 15 is 0 Å². The van der Waals surface area contributed by atoms with Crippen LogP contribution in [0.15, 0.2) is 18.5 Å². The first kappa shape index (κ1) is 15.0. The molecule has 0 amide bonds. The number of alkyl halides is 3. The van der Waals surface area contributed by atoms with Crippen LogP contribution in [0.3, 0.4) is 0 Å². The molecule has 8 heteroatoms. The number of rotatable bonds is 1. The van der Waals surface area contributed by atoms with E-state index in [1.165, 1.54) is 0 Å². The van der Waals surface area contributed by atoms with Gasteiger partial charge in [-0.15, -0.1) is 0 Å². The molecule has 0 bridgehead atoms. The van der Waals surface area contributed by atoms with Crippen molar-refractivity contribution >= 4 is 17.4 Å². The maximum absolute atomic E-state index is 12.8. The van der Waals surface area contributed by atoms with Gasteiger partial charge in [-0.3, -0.25) is 4.98 Å². The Bertz CT molecular complexity index is 718. The number of nitrogens with zero attached hydrogens (tertiary/aromatic N) is 4. The number of aryl methyl sites for hydroxylation is 1. The fourth-order valence-corrected chi connectivity index (χ4v) is 2.62. The van der Waals surface area contributed by atoms with Gasteiger partial charge in [0, 0.05) is 43.2 Å². The van der Waals surface area contributed by atoms with Crippen molar-refractivity contribution in [3.05, 3.63) is 46.1 Å². The van der Waals surface area contributed by atoms with E-state index in [-0.39, 0.29) is 5.28 Å². The maximum atomic E-state index is 12.8. The summed E-state index contributed by atoms with van der Waals surface area (Å²) < 4.78 is 38.4. The minimum absolute atomic E-state index is 0.119. The number of halogens is 4. The van der Waals surface area contributed by atoms with Crippen molar-refractivity contribution in [1.29, 1.82) is 0 Å². The van der Waals surface area contributed by atoms with Crippen LogP contribution >= 0.6 is 11.6 Å². The molecular formula is C14H12ClF3N4. The average Bonchev–Trinajstić information content (AvgIpc) is 2.47. The van der Waals surface area contributed by atoms with E-state index in [2.05, 4.69) is 15.0 Å². The summed E-state index contributed by atoms with van der Waals surface area (Å²) in [4.78, 5) is 13.9. The largest absolute Gasteiger partial charge is 0.417 e. The number of aromatic nitrogens is 3. The highest BCUT2D eigenvalue weighted by Crippen LogP contribution is 2.32. The Labute approximate surface area is 130 Å². The molecule has 4 nitrogen and oxygen atoms in total. The van der Waals surface area contributed by atoms with Gasteiger partial charge in [0.25, 0.3) is 0 Å². The monoisotopic (exact) mass is 328 g/mol. The first-order valence-electron chi connectivity index (χ1n) is 6.63. The van der Waals surface area contributed by atoms with Crippen molar-refractivity contribution in [1.82, 2.24) is 15.0 Å². The zero-order valence-corrected chi connectivity index (χ0v) is 12.4. The van der Waals surface area contributed by atoms with Gasteiger partial charge >= 0.3 is 6.18 Å².